The molecule has 0 aliphatic heterocycles. The Morgan fingerprint density at radius 2 is 2.04 bits per heavy atom. The van der Waals surface area contributed by atoms with Gasteiger partial charge in [-0.25, -0.2) is 4.98 Å². The predicted octanol–water partition coefficient (Wildman–Crippen LogP) is 3.67. The van der Waals surface area contributed by atoms with Crippen LogP contribution in [0.2, 0.25) is 0 Å². The third-order valence-corrected chi connectivity index (χ3v) is 5.19. The zero-order valence-corrected chi connectivity index (χ0v) is 16.0. The van der Waals surface area contributed by atoms with E-state index in [1.165, 1.54) is 11.8 Å². The molecule has 0 saturated carbocycles. The van der Waals surface area contributed by atoms with Gasteiger partial charge in [0.2, 0.25) is 5.91 Å². The first-order valence-corrected chi connectivity index (χ1v) is 9.43. The lowest BCUT2D eigenvalue weighted by molar-refractivity contribution is -0.115. The molecule has 3 rings (SSSR count). The van der Waals surface area contributed by atoms with Crippen molar-refractivity contribution in [3.63, 3.8) is 0 Å². The highest BCUT2D eigenvalue weighted by atomic mass is 32.2. The van der Waals surface area contributed by atoms with E-state index in [4.69, 9.17) is 4.74 Å². The number of para-hydroxylation sites is 3. The molecule has 0 saturated heterocycles. The number of ether oxygens (including phenoxy) is 1. The second-order valence-electron chi connectivity index (χ2n) is 5.93. The van der Waals surface area contributed by atoms with E-state index in [1.807, 2.05) is 31.2 Å². The Hall–Kier alpha value is -2.82. The maximum Gasteiger partial charge on any atom is 0.237 e. The average molecular weight is 380 g/mol. The topological polar surface area (TPSA) is 79.9 Å². The minimum atomic E-state index is -0.380. The van der Waals surface area contributed by atoms with Crippen LogP contribution >= 0.6 is 11.8 Å². The van der Waals surface area contributed by atoms with Gasteiger partial charge in [-0.15, -0.1) is 0 Å². The van der Waals surface area contributed by atoms with E-state index in [1.54, 1.807) is 31.4 Å². The normalized spacial score (nSPS) is 11.9. The molecule has 2 aromatic carbocycles. The molecular weight excluding hydrogens is 360 g/mol. The molecule has 0 fully saturated rings. The summed E-state index contributed by atoms with van der Waals surface area (Å²) in [5, 5.41) is 12.4. The number of aromatic nitrogens is 2. The number of anilines is 1. The molecular formula is C20H20N4O2S. The molecule has 1 N–H and O–H groups in total. The van der Waals surface area contributed by atoms with E-state index in [-0.39, 0.29) is 11.2 Å². The van der Waals surface area contributed by atoms with Crippen molar-refractivity contribution in [2.45, 2.75) is 23.9 Å². The van der Waals surface area contributed by atoms with E-state index >= 15 is 0 Å². The smallest absolute Gasteiger partial charge is 0.237 e. The quantitative estimate of drug-likeness (QED) is 0.633. The Bertz CT molecular complexity index is 993. The Labute approximate surface area is 162 Å². The van der Waals surface area contributed by atoms with E-state index in [9.17, 15) is 10.1 Å². The van der Waals surface area contributed by atoms with Gasteiger partial charge in [-0.2, -0.15) is 5.26 Å². The molecule has 1 amide bonds. The van der Waals surface area contributed by atoms with Crippen LogP contribution in [0.25, 0.3) is 11.0 Å². The second kappa shape index (κ2) is 8.71. The average Bonchev–Trinajstić information content (AvgIpc) is 3.03. The van der Waals surface area contributed by atoms with Crippen molar-refractivity contribution in [1.82, 2.24) is 9.55 Å². The summed E-state index contributed by atoms with van der Waals surface area (Å²) in [6.07, 6.45) is 0. The molecule has 6 nitrogen and oxygen atoms in total. The van der Waals surface area contributed by atoms with Crippen molar-refractivity contribution in [3.05, 3.63) is 54.1 Å². The number of hydrogen-bond donors (Lipinski definition) is 1. The number of benzene rings is 2. The van der Waals surface area contributed by atoms with Gasteiger partial charge in [0, 0.05) is 13.7 Å². The molecule has 7 heteroatoms. The monoisotopic (exact) mass is 380 g/mol. The highest BCUT2D eigenvalue weighted by molar-refractivity contribution is 8.00. The molecule has 1 heterocycles. The van der Waals surface area contributed by atoms with Crippen molar-refractivity contribution >= 4 is 34.4 Å². The van der Waals surface area contributed by atoms with Crippen molar-refractivity contribution in [2.75, 3.05) is 19.0 Å². The standard InChI is InChI=1S/C20H20N4O2S/c1-14(19(25)22-16-8-4-3-7-15(16)13-21)27-20-23-17-9-5-6-10-18(17)24(20)11-12-26-2/h3-10,14H,11-12H2,1-2H3,(H,22,25)/t14-/m0/s1. The highest BCUT2D eigenvalue weighted by Crippen LogP contribution is 2.28. The Morgan fingerprint density at radius 3 is 2.81 bits per heavy atom. The molecule has 1 aromatic heterocycles. The Morgan fingerprint density at radius 1 is 1.30 bits per heavy atom. The third-order valence-electron chi connectivity index (χ3n) is 4.10. The summed E-state index contributed by atoms with van der Waals surface area (Å²) in [5.41, 5.74) is 2.86. The number of fused-ring (bicyclic) bond motifs is 1. The minimum Gasteiger partial charge on any atom is -0.383 e. The van der Waals surface area contributed by atoms with Gasteiger partial charge in [-0.1, -0.05) is 36.0 Å². The molecule has 27 heavy (non-hydrogen) atoms. The number of carbonyl (C=O) groups is 1. The van der Waals surface area contributed by atoms with Crippen molar-refractivity contribution in [1.29, 1.82) is 5.26 Å². The zero-order valence-electron chi connectivity index (χ0n) is 15.2. The van der Waals surface area contributed by atoms with Crippen LogP contribution in [0.5, 0.6) is 0 Å². The van der Waals surface area contributed by atoms with Gasteiger partial charge in [0.15, 0.2) is 5.16 Å². The Balaban J connectivity index is 1.80. The number of carbonyl (C=O) groups excluding carboxylic acids is 1. The van der Waals surface area contributed by atoms with Crippen molar-refractivity contribution in [3.8, 4) is 6.07 Å². The number of thioether (sulfide) groups is 1. The molecule has 3 aromatic rings. The summed E-state index contributed by atoms with van der Waals surface area (Å²) in [6.45, 7) is 3.05. The largest absolute Gasteiger partial charge is 0.383 e. The summed E-state index contributed by atoms with van der Waals surface area (Å²) in [5.74, 6) is -0.173. The third kappa shape index (κ3) is 4.30. The van der Waals surface area contributed by atoms with Gasteiger partial charge in [-0.05, 0) is 31.2 Å². The molecule has 0 spiro atoms. The highest BCUT2D eigenvalue weighted by Gasteiger charge is 2.20. The maximum atomic E-state index is 12.6. The lowest BCUT2D eigenvalue weighted by Crippen LogP contribution is -2.23. The summed E-state index contributed by atoms with van der Waals surface area (Å²) < 4.78 is 7.27. The summed E-state index contributed by atoms with van der Waals surface area (Å²) in [4.78, 5) is 17.3. The van der Waals surface area contributed by atoms with Gasteiger partial charge < -0.3 is 14.6 Å². The number of nitrogens with one attached hydrogen (secondary N) is 1. The molecule has 1 atom stereocenters. The van der Waals surface area contributed by atoms with Gasteiger partial charge in [-0.3, -0.25) is 4.79 Å². The van der Waals surface area contributed by atoms with E-state index in [2.05, 4.69) is 20.9 Å². The van der Waals surface area contributed by atoms with E-state index in [0.29, 0.717) is 24.4 Å². The van der Waals surface area contributed by atoms with Crippen LogP contribution in [0.1, 0.15) is 12.5 Å². The first kappa shape index (κ1) is 19.0. The molecule has 0 bridgehead atoms. The predicted molar refractivity (Wildman–Crippen MR) is 107 cm³/mol. The number of nitriles is 1. The lowest BCUT2D eigenvalue weighted by Gasteiger charge is -2.14. The fourth-order valence-corrected chi connectivity index (χ4v) is 3.63. The van der Waals surface area contributed by atoms with Gasteiger partial charge in [0.1, 0.15) is 6.07 Å². The molecule has 0 aliphatic carbocycles. The number of imidazole rings is 1. The number of hydrogen-bond acceptors (Lipinski definition) is 5. The molecule has 0 unspecified atom stereocenters. The van der Waals surface area contributed by atoms with Crippen LogP contribution in [0, 0.1) is 11.3 Å². The van der Waals surface area contributed by atoms with E-state index in [0.717, 1.165) is 16.2 Å². The van der Waals surface area contributed by atoms with Crippen molar-refractivity contribution < 1.29 is 9.53 Å². The van der Waals surface area contributed by atoms with Crippen LogP contribution in [0.3, 0.4) is 0 Å². The van der Waals surface area contributed by atoms with Crippen LogP contribution in [-0.2, 0) is 16.1 Å². The SMILES string of the molecule is COCCn1c(S[C@@H](C)C(=O)Nc2ccccc2C#N)nc2ccccc21. The first-order valence-electron chi connectivity index (χ1n) is 8.55. The zero-order chi connectivity index (χ0) is 19.2. The summed E-state index contributed by atoms with van der Waals surface area (Å²) in [7, 11) is 1.66. The van der Waals surface area contributed by atoms with Gasteiger partial charge in [0.05, 0.1) is 34.1 Å². The fourth-order valence-electron chi connectivity index (χ4n) is 2.68. The minimum absolute atomic E-state index is 0.173. The maximum absolute atomic E-state index is 12.6. The summed E-state index contributed by atoms with van der Waals surface area (Å²) in [6, 6.07) is 16.9. The second-order valence-corrected chi connectivity index (χ2v) is 7.24. The number of methoxy groups -OCH3 is 1. The van der Waals surface area contributed by atoms with Gasteiger partial charge >= 0.3 is 0 Å². The lowest BCUT2D eigenvalue weighted by atomic mass is 10.2. The number of amides is 1. The summed E-state index contributed by atoms with van der Waals surface area (Å²) >= 11 is 1.39. The first-order chi connectivity index (χ1) is 13.1. The van der Waals surface area contributed by atoms with E-state index < -0.39 is 0 Å². The number of rotatable bonds is 7. The number of nitrogens with zero attached hydrogens (tertiary/aromatic N) is 3. The van der Waals surface area contributed by atoms with Crippen LogP contribution in [0.15, 0.2) is 53.7 Å². The Kier molecular flexibility index (Phi) is 6.12. The molecule has 0 radical (unpaired) electrons. The van der Waals surface area contributed by atoms with Crippen LogP contribution in [-0.4, -0.2) is 34.4 Å². The van der Waals surface area contributed by atoms with Crippen LogP contribution in [0.4, 0.5) is 5.69 Å². The fraction of sp³-hybridized carbons (Fsp3) is 0.250. The van der Waals surface area contributed by atoms with Crippen LogP contribution < -0.4 is 5.32 Å². The van der Waals surface area contributed by atoms with Crippen molar-refractivity contribution in [2.24, 2.45) is 0 Å². The molecule has 138 valence electrons. The van der Waals surface area contributed by atoms with Gasteiger partial charge in [0.25, 0.3) is 0 Å². The molecule has 0 aliphatic rings.